The Morgan fingerprint density at radius 3 is 2.50 bits per heavy atom. The number of nitrogens with zero attached hydrogens (tertiary/aromatic N) is 1. The average Bonchev–Trinajstić information content (AvgIpc) is 2.58. The van der Waals surface area contributed by atoms with E-state index >= 15 is 0 Å². The number of piperidine rings is 1. The summed E-state index contributed by atoms with van der Waals surface area (Å²) in [6, 6.07) is 0.760. The predicted octanol–water partition coefficient (Wildman–Crippen LogP) is 2.35. The predicted molar refractivity (Wildman–Crippen MR) is 69.6 cm³/mol. The molecule has 2 aliphatic rings. The van der Waals surface area contributed by atoms with Gasteiger partial charge in [-0.2, -0.15) is 0 Å². The molecule has 0 bridgehead atoms. The molecule has 2 heteroatoms. The molecule has 0 aromatic rings. The van der Waals surface area contributed by atoms with Gasteiger partial charge in [0.1, 0.15) is 0 Å². The van der Waals surface area contributed by atoms with Crippen molar-refractivity contribution in [1.29, 1.82) is 0 Å². The SMILES string of the molecule is CCC1CCNC(CN2CC(C)C(C)C2)C1. The van der Waals surface area contributed by atoms with Gasteiger partial charge in [-0.1, -0.05) is 27.2 Å². The number of rotatable bonds is 3. The summed E-state index contributed by atoms with van der Waals surface area (Å²) in [7, 11) is 0. The van der Waals surface area contributed by atoms with E-state index in [1.54, 1.807) is 0 Å². The first-order valence-electron chi connectivity index (χ1n) is 7.14. The largest absolute Gasteiger partial charge is 0.313 e. The van der Waals surface area contributed by atoms with E-state index in [4.69, 9.17) is 0 Å². The van der Waals surface area contributed by atoms with Crippen molar-refractivity contribution < 1.29 is 0 Å². The van der Waals surface area contributed by atoms with Gasteiger partial charge in [0.2, 0.25) is 0 Å². The Morgan fingerprint density at radius 1 is 1.19 bits per heavy atom. The van der Waals surface area contributed by atoms with Crippen molar-refractivity contribution in [3.63, 3.8) is 0 Å². The molecule has 0 aromatic heterocycles. The van der Waals surface area contributed by atoms with Crippen LogP contribution in [0.4, 0.5) is 0 Å². The van der Waals surface area contributed by atoms with E-state index in [1.807, 2.05) is 0 Å². The molecule has 2 rings (SSSR count). The Morgan fingerprint density at radius 2 is 1.88 bits per heavy atom. The van der Waals surface area contributed by atoms with Crippen molar-refractivity contribution in [3.05, 3.63) is 0 Å². The standard InChI is InChI=1S/C14H28N2/c1-4-13-5-6-15-14(7-13)10-16-8-11(2)12(3)9-16/h11-15H,4-10H2,1-3H3. The van der Waals surface area contributed by atoms with Crippen molar-refractivity contribution in [2.24, 2.45) is 17.8 Å². The summed E-state index contributed by atoms with van der Waals surface area (Å²) in [5.41, 5.74) is 0. The van der Waals surface area contributed by atoms with E-state index in [1.165, 1.54) is 45.4 Å². The zero-order valence-electron chi connectivity index (χ0n) is 11.2. The summed E-state index contributed by atoms with van der Waals surface area (Å²) < 4.78 is 0. The zero-order valence-corrected chi connectivity index (χ0v) is 11.2. The summed E-state index contributed by atoms with van der Waals surface area (Å²) in [6.07, 6.45) is 4.15. The van der Waals surface area contributed by atoms with Gasteiger partial charge < -0.3 is 10.2 Å². The highest BCUT2D eigenvalue weighted by Crippen LogP contribution is 2.24. The van der Waals surface area contributed by atoms with Crippen LogP contribution in [0.5, 0.6) is 0 Å². The molecular weight excluding hydrogens is 196 g/mol. The van der Waals surface area contributed by atoms with Gasteiger partial charge >= 0.3 is 0 Å². The summed E-state index contributed by atoms with van der Waals surface area (Å²) in [4.78, 5) is 2.67. The van der Waals surface area contributed by atoms with Crippen LogP contribution in [0.25, 0.3) is 0 Å². The van der Waals surface area contributed by atoms with Crippen molar-refractivity contribution in [2.75, 3.05) is 26.2 Å². The van der Waals surface area contributed by atoms with E-state index in [-0.39, 0.29) is 0 Å². The fraction of sp³-hybridized carbons (Fsp3) is 1.00. The zero-order chi connectivity index (χ0) is 11.5. The topological polar surface area (TPSA) is 15.3 Å². The Bertz CT molecular complexity index is 207. The maximum absolute atomic E-state index is 3.70. The van der Waals surface area contributed by atoms with Crippen LogP contribution in [-0.4, -0.2) is 37.1 Å². The molecule has 0 saturated carbocycles. The Balaban J connectivity index is 1.77. The molecule has 4 unspecified atom stereocenters. The van der Waals surface area contributed by atoms with Crippen LogP contribution in [0.3, 0.4) is 0 Å². The fourth-order valence-corrected chi connectivity index (χ4v) is 3.31. The minimum Gasteiger partial charge on any atom is -0.313 e. The highest BCUT2D eigenvalue weighted by molar-refractivity contribution is 4.85. The van der Waals surface area contributed by atoms with Gasteiger partial charge in [0.05, 0.1) is 0 Å². The van der Waals surface area contributed by atoms with Gasteiger partial charge in [-0.3, -0.25) is 0 Å². The van der Waals surface area contributed by atoms with E-state index < -0.39 is 0 Å². The first-order valence-corrected chi connectivity index (χ1v) is 7.14. The molecule has 2 heterocycles. The first-order chi connectivity index (χ1) is 7.69. The molecule has 0 aromatic carbocycles. The number of hydrogen-bond donors (Lipinski definition) is 1. The fourth-order valence-electron chi connectivity index (χ4n) is 3.31. The Kier molecular flexibility index (Phi) is 4.26. The van der Waals surface area contributed by atoms with Gasteiger partial charge in [-0.25, -0.2) is 0 Å². The lowest BCUT2D eigenvalue weighted by Crippen LogP contribution is -2.45. The molecule has 1 N–H and O–H groups in total. The highest BCUT2D eigenvalue weighted by Gasteiger charge is 2.29. The van der Waals surface area contributed by atoms with Gasteiger partial charge in [-0.05, 0) is 37.1 Å². The summed E-state index contributed by atoms with van der Waals surface area (Å²) in [5.74, 6) is 2.76. The maximum atomic E-state index is 3.70. The van der Waals surface area contributed by atoms with Crippen molar-refractivity contribution in [2.45, 2.75) is 46.1 Å². The molecule has 0 radical (unpaired) electrons. The van der Waals surface area contributed by atoms with Crippen LogP contribution in [-0.2, 0) is 0 Å². The van der Waals surface area contributed by atoms with Gasteiger partial charge in [0, 0.05) is 25.7 Å². The van der Waals surface area contributed by atoms with Gasteiger partial charge in [-0.15, -0.1) is 0 Å². The molecule has 4 atom stereocenters. The van der Waals surface area contributed by atoms with Crippen molar-refractivity contribution >= 4 is 0 Å². The summed E-state index contributed by atoms with van der Waals surface area (Å²) >= 11 is 0. The van der Waals surface area contributed by atoms with E-state index in [2.05, 4.69) is 31.0 Å². The molecule has 16 heavy (non-hydrogen) atoms. The van der Waals surface area contributed by atoms with Crippen molar-refractivity contribution in [1.82, 2.24) is 10.2 Å². The number of hydrogen-bond acceptors (Lipinski definition) is 2. The molecular formula is C14H28N2. The van der Waals surface area contributed by atoms with E-state index in [0.717, 1.165) is 23.8 Å². The lowest BCUT2D eigenvalue weighted by Gasteiger charge is -2.32. The Hall–Kier alpha value is -0.0800. The van der Waals surface area contributed by atoms with E-state index in [0.29, 0.717) is 0 Å². The lowest BCUT2D eigenvalue weighted by molar-refractivity contribution is 0.220. The minimum absolute atomic E-state index is 0.760. The van der Waals surface area contributed by atoms with Crippen LogP contribution in [0, 0.1) is 17.8 Å². The molecule has 2 aliphatic heterocycles. The average molecular weight is 224 g/mol. The second-order valence-corrected chi connectivity index (χ2v) is 6.12. The van der Waals surface area contributed by atoms with Crippen molar-refractivity contribution in [3.8, 4) is 0 Å². The minimum atomic E-state index is 0.760. The van der Waals surface area contributed by atoms with Crippen LogP contribution in [0.2, 0.25) is 0 Å². The normalized spacial score (nSPS) is 41.4. The molecule has 2 nitrogen and oxygen atoms in total. The van der Waals surface area contributed by atoms with Gasteiger partial charge in [0.15, 0.2) is 0 Å². The van der Waals surface area contributed by atoms with Crippen LogP contribution in [0.1, 0.15) is 40.0 Å². The Labute approximate surface area is 101 Å². The lowest BCUT2D eigenvalue weighted by atomic mass is 9.90. The summed E-state index contributed by atoms with van der Waals surface area (Å²) in [6.45, 7) is 12.3. The molecule has 94 valence electrons. The molecule has 0 aliphatic carbocycles. The second kappa shape index (κ2) is 5.50. The van der Waals surface area contributed by atoms with Crippen LogP contribution in [0.15, 0.2) is 0 Å². The summed E-state index contributed by atoms with van der Waals surface area (Å²) in [5, 5.41) is 3.70. The third kappa shape index (κ3) is 2.98. The number of nitrogens with one attached hydrogen (secondary N) is 1. The van der Waals surface area contributed by atoms with Crippen LogP contribution < -0.4 is 5.32 Å². The molecule has 2 saturated heterocycles. The monoisotopic (exact) mass is 224 g/mol. The third-order valence-corrected chi connectivity index (χ3v) is 4.72. The second-order valence-electron chi connectivity index (χ2n) is 6.12. The van der Waals surface area contributed by atoms with E-state index in [9.17, 15) is 0 Å². The molecule has 0 spiro atoms. The first kappa shape index (κ1) is 12.4. The number of likely N-dealkylation sites (tertiary alicyclic amines) is 1. The smallest absolute Gasteiger partial charge is 0.0197 e. The van der Waals surface area contributed by atoms with Crippen LogP contribution >= 0.6 is 0 Å². The molecule has 2 fully saturated rings. The van der Waals surface area contributed by atoms with Gasteiger partial charge in [0.25, 0.3) is 0 Å². The third-order valence-electron chi connectivity index (χ3n) is 4.72. The highest BCUT2D eigenvalue weighted by atomic mass is 15.2. The quantitative estimate of drug-likeness (QED) is 0.791. The maximum Gasteiger partial charge on any atom is 0.0197 e. The molecule has 0 amide bonds.